The summed E-state index contributed by atoms with van der Waals surface area (Å²) in [4.78, 5) is 57.1. The zero-order valence-electron chi connectivity index (χ0n) is 32.4. The van der Waals surface area contributed by atoms with E-state index in [-0.39, 0.29) is 42.0 Å². The van der Waals surface area contributed by atoms with Crippen LogP contribution in [-0.4, -0.2) is 78.2 Å². The molecule has 2 fully saturated rings. The van der Waals surface area contributed by atoms with Crippen molar-refractivity contribution in [2.45, 2.75) is 84.6 Å². The second-order valence-electron chi connectivity index (χ2n) is 13.9. The molecule has 18 heteroatoms. The maximum atomic E-state index is 12.6. The number of benzene rings is 2. The van der Waals surface area contributed by atoms with E-state index < -0.39 is 11.9 Å². The van der Waals surface area contributed by atoms with Gasteiger partial charge in [0.2, 0.25) is 11.8 Å². The number of nitrogens with zero attached hydrogens (tertiary/aromatic N) is 6. The first-order chi connectivity index (χ1) is 28.1. The fourth-order valence-corrected chi connectivity index (χ4v) is 8.72. The van der Waals surface area contributed by atoms with Gasteiger partial charge in [0.05, 0.1) is 54.3 Å². The molecule has 304 valence electrons. The molecule has 2 unspecified atom stereocenters. The van der Waals surface area contributed by atoms with Gasteiger partial charge in [0.25, 0.3) is 0 Å². The summed E-state index contributed by atoms with van der Waals surface area (Å²) in [6, 6.07) is 11.6. The van der Waals surface area contributed by atoms with Crippen LogP contribution in [0.2, 0.25) is 0 Å². The monoisotopic (exact) mass is 828 g/mol. The minimum atomic E-state index is -1.04. The van der Waals surface area contributed by atoms with Crippen LogP contribution in [0.15, 0.2) is 48.8 Å². The van der Waals surface area contributed by atoms with Crippen LogP contribution in [0.25, 0.3) is 21.8 Å². The summed E-state index contributed by atoms with van der Waals surface area (Å²) in [7, 11) is 0. The number of carbonyl (C=O) groups is 4. The molecule has 0 aliphatic carbocycles. The highest BCUT2D eigenvalue weighted by molar-refractivity contribution is 7.18. The summed E-state index contributed by atoms with van der Waals surface area (Å²) in [6.07, 6.45) is 10.0. The number of carbonyl (C=O) groups excluding carboxylic acids is 3. The minimum Gasteiger partial charge on any atom is -0.477 e. The van der Waals surface area contributed by atoms with Crippen LogP contribution >= 0.6 is 22.7 Å². The molecular formula is C40H44N8O8S2. The van der Waals surface area contributed by atoms with Crippen molar-refractivity contribution >= 4 is 78.5 Å². The molecule has 2 aliphatic rings. The average Bonchev–Trinajstić information content (AvgIpc) is 4.01. The van der Waals surface area contributed by atoms with Crippen LogP contribution in [0.3, 0.4) is 0 Å². The molecule has 2 aliphatic heterocycles. The molecular weight excluding hydrogens is 785 g/mol. The Morgan fingerprint density at radius 2 is 1.24 bits per heavy atom. The molecule has 0 radical (unpaired) electrons. The zero-order chi connectivity index (χ0) is 40.8. The summed E-state index contributed by atoms with van der Waals surface area (Å²) in [5, 5.41) is 26.1. The van der Waals surface area contributed by atoms with Crippen molar-refractivity contribution in [1.82, 2.24) is 29.5 Å². The van der Waals surface area contributed by atoms with Crippen LogP contribution in [0.1, 0.15) is 99.8 Å². The summed E-state index contributed by atoms with van der Waals surface area (Å²) in [6.45, 7) is 6.86. The Hall–Kier alpha value is -5.56. The molecule has 2 aromatic carbocycles. The summed E-state index contributed by atoms with van der Waals surface area (Å²) in [5.41, 5.74) is 4.57. The van der Waals surface area contributed by atoms with E-state index in [2.05, 4.69) is 30.8 Å². The van der Waals surface area contributed by atoms with Gasteiger partial charge in [-0.3, -0.25) is 9.59 Å². The lowest BCUT2D eigenvalue weighted by Crippen LogP contribution is -2.19. The van der Waals surface area contributed by atoms with E-state index in [4.69, 9.17) is 19.3 Å². The number of rotatable bonds is 11. The van der Waals surface area contributed by atoms with Crippen molar-refractivity contribution in [1.29, 1.82) is 0 Å². The number of carboxylic acids is 1. The number of hydrogen-bond donors (Lipinski definition) is 3. The quantitative estimate of drug-likeness (QED) is 0.111. The van der Waals surface area contributed by atoms with Crippen molar-refractivity contribution in [2.24, 2.45) is 0 Å². The second kappa shape index (κ2) is 18.4. The summed E-state index contributed by atoms with van der Waals surface area (Å²) < 4.78 is 20.5. The van der Waals surface area contributed by atoms with Gasteiger partial charge in [-0.1, -0.05) is 46.9 Å². The molecule has 16 nitrogen and oxygen atoms in total. The van der Waals surface area contributed by atoms with Crippen LogP contribution in [-0.2, 0) is 36.6 Å². The third kappa shape index (κ3) is 9.25. The van der Waals surface area contributed by atoms with Crippen molar-refractivity contribution in [3.8, 4) is 0 Å². The number of aryl methyl sites for hydroxylation is 2. The van der Waals surface area contributed by atoms with Crippen LogP contribution in [0.4, 0.5) is 10.3 Å². The molecule has 0 spiro atoms. The number of carboxylic acid groups (broad SMARTS) is 1. The normalized spacial score (nSPS) is 16.7. The Morgan fingerprint density at radius 3 is 1.67 bits per heavy atom. The van der Waals surface area contributed by atoms with E-state index in [9.17, 15) is 19.2 Å². The zero-order valence-corrected chi connectivity index (χ0v) is 34.0. The molecule has 6 aromatic rings. The number of esters is 1. The highest BCUT2D eigenvalue weighted by Gasteiger charge is 2.23. The Kier molecular flexibility index (Phi) is 12.9. The predicted molar refractivity (Wildman–Crippen MR) is 218 cm³/mol. The van der Waals surface area contributed by atoms with Gasteiger partial charge in [-0.2, -0.15) is 10.2 Å². The number of hydrogen-bond acceptors (Lipinski definition) is 13. The highest BCUT2D eigenvalue weighted by atomic mass is 32.1. The van der Waals surface area contributed by atoms with E-state index in [1.54, 1.807) is 33.2 Å². The second-order valence-corrected chi connectivity index (χ2v) is 15.9. The van der Waals surface area contributed by atoms with E-state index in [1.807, 2.05) is 45.8 Å². The van der Waals surface area contributed by atoms with Gasteiger partial charge in [-0.15, -0.1) is 0 Å². The number of aromatic carboxylic acids is 1. The molecule has 0 bridgehead atoms. The summed E-state index contributed by atoms with van der Waals surface area (Å²) >= 11 is 2.08. The topological polar surface area (TPSA) is 202 Å². The van der Waals surface area contributed by atoms with Gasteiger partial charge in [0.15, 0.2) is 22.7 Å². The van der Waals surface area contributed by atoms with Gasteiger partial charge in [-0.25, -0.2) is 28.9 Å². The predicted octanol–water partition coefficient (Wildman–Crippen LogP) is 7.24. The first-order valence-corrected chi connectivity index (χ1v) is 20.8. The van der Waals surface area contributed by atoms with Crippen LogP contribution < -0.4 is 10.6 Å². The van der Waals surface area contributed by atoms with Gasteiger partial charge >= 0.3 is 11.9 Å². The van der Waals surface area contributed by atoms with Crippen LogP contribution in [0, 0.1) is 13.8 Å². The molecule has 2 atom stereocenters. The smallest absolute Gasteiger partial charge is 0.350 e. The lowest BCUT2D eigenvalue weighted by Gasteiger charge is -2.23. The third-order valence-electron chi connectivity index (χ3n) is 9.76. The fraction of sp³-hybridized carbons (Fsp3) is 0.400. The van der Waals surface area contributed by atoms with E-state index in [1.165, 1.54) is 0 Å². The molecule has 2 saturated heterocycles. The van der Waals surface area contributed by atoms with Crippen molar-refractivity contribution < 1.29 is 38.5 Å². The molecule has 0 saturated carbocycles. The molecule has 4 aromatic heterocycles. The maximum absolute atomic E-state index is 12.6. The number of aromatic nitrogens is 6. The van der Waals surface area contributed by atoms with Crippen molar-refractivity contribution in [3.63, 3.8) is 0 Å². The molecule has 6 heterocycles. The van der Waals surface area contributed by atoms with E-state index in [0.29, 0.717) is 33.1 Å². The van der Waals surface area contributed by atoms with Crippen molar-refractivity contribution in [3.05, 3.63) is 81.1 Å². The van der Waals surface area contributed by atoms with Gasteiger partial charge < -0.3 is 30.0 Å². The standard InChI is InChI=1S/C21H24N4O4S.C19H20N4O4S/c1-3-28-20(27)19-13(2)23-21(30-19)24-17(26)11-14-7-6-8-16-15(14)12-22-25(16)18-9-4-5-10-29-18;1-11-17(18(25)26)28-19(21-11)22-15(24)9-12-5-4-6-14-13(12)10-20-23(14)16-7-2-3-8-27-16/h6-8,12,18H,3-5,9-11H2,1-2H3,(H,23,24,26);4-6,10,16H,2-3,7-9H2,1H3,(H,25,26)(H,21,22,24). The Balaban J connectivity index is 0.000000177. The van der Waals surface area contributed by atoms with E-state index >= 15 is 0 Å². The maximum Gasteiger partial charge on any atom is 0.350 e. The molecule has 3 N–H and O–H groups in total. The number of nitrogens with one attached hydrogen (secondary N) is 2. The Morgan fingerprint density at radius 1 is 0.759 bits per heavy atom. The van der Waals surface area contributed by atoms with Crippen LogP contribution in [0.5, 0.6) is 0 Å². The Labute approximate surface area is 341 Å². The lowest BCUT2D eigenvalue weighted by molar-refractivity contribution is -0.116. The Bertz CT molecular complexity index is 2440. The van der Waals surface area contributed by atoms with Crippen molar-refractivity contribution in [2.75, 3.05) is 30.5 Å². The first-order valence-electron chi connectivity index (χ1n) is 19.2. The third-order valence-corrected chi connectivity index (χ3v) is 11.9. The minimum absolute atomic E-state index is 0.0556. The number of amides is 2. The first kappa shape index (κ1) is 40.6. The summed E-state index contributed by atoms with van der Waals surface area (Å²) in [5.74, 6) is -1.92. The SMILES string of the molecule is CCOC(=O)c1sc(NC(=O)Cc2cccc3c2cnn3C2CCCCO2)nc1C.Cc1nc(NC(=O)Cc2cccc3c2cnn3C2CCCCO2)sc1C(=O)O. The lowest BCUT2D eigenvalue weighted by atomic mass is 10.1. The number of fused-ring (bicyclic) bond motifs is 2. The largest absolute Gasteiger partial charge is 0.477 e. The molecule has 58 heavy (non-hydrogen) atoms. The van der Waals surface area contributed by atoms with E-state index in [0.717, 1.165) is 107 Å². The number of thiazole rings is 2. The van der Waals surface area contributed by atoms with Gasteiger partial charge in [-0.05, 0) is 82.6 Å². The number of anilines is 2. The molecule has 8 rings (SSSR count). The highest BCUT2D eigenvalue weighted by Crippen LogP contribution is 2.30. The van der Waals surface area contributed by atoms with Gasteiger partial charge in [0, 0.05) is 24.0 Å². The number of ether oxygens (including phenoxy) is 3. The molecule has 2 amide bonds. The fourth-order valence-electron chi connectivity index (χ4n) is 7.02. The average molecular weight is 829 g/mol. The van der Waals surface area contributed by atoms with Gasteiger partial charge in [0.1, 0.15) is 9.75 Å².